The molecular weight excluding hydrogens is 338 g/mol. The van der Waals surface area contributed by atoms with Crippen LogP contribution in [0, 0.1) is 0 Å². The van der Waals surface area contributed by atoms with Gasteiger partial charge in [-0.15, -0.1) is 0 Å². The number of fused-ring (bicyclic) bond motifs is 2. The Bertz CT molecular complexity index is 818. The maximum Gasteiger partial charge on any atom is 0.248 e. The van der Waals surface area contributed by atoms with Gasteiger partial charge in [0.2, 0.25) is 5.91 Å². The first-order chi connectivity index (χ1) is 13.1. The summed E-state index contributed by atoms with van der Waals surface area (Å²) in [6, 6.07) is 10.1. The Morgan fingerprint density at radius 2 is 2.07 bits per heavy atom. The maximum atomic E-state index is 12.6. The van der Waals surface area contributed by atoms with E-state index < -0.39 is 0 Å². The molecule has 0 saturated carbocycles. The van der Waals surface area contributed by atoms with Crippen LogP contribution in [0.2, 0.25) is 0 Å². The Morgan fingerprint density at radius 1 is 1.26 bits per heavy atom. The standard InChI is InChI=1S/C22H27N3O2/c1-16(2)27-14-19(26)25-12-6-10-22(15-25)11-9-18-13-23-21(24-20(18)22)17-7-4-3-5-8-17/h3-5,7-8,13,16H,6,9-12,14-15H2,1-2H3. The van der Waals surface area contributed by atoms with Crippen LogP contribution in [0.3, 0.4) is 0 Å². The van der Waals surface area contributed by atoms with Crippen molar-refractivity contribution in [3.05, 3.63) is 47.8 Å². The first-order valence-electron chi connectivity index (χ1n) is 9.89. The molecule has 0 bridgehead atoms. The van der Waals surface area contributed by atoms with Gasteiger partial charge in [-0.25, -0.2) is 9.97 Å². The van der Waals surface area contributed by atoms with Crippen LogP contribution in [-0.4, -0.2) is 46.6 Å². The summed E-state index contributed by atoms with van der Waals surface area (Å²) in [5.41, 5.74) is 3.39. The summed E-state index contributed by atoms with van der Waals surface area (Å²) in [5.74, 6) is 0.871. The van der Waals surface area contributed by atoms with Gasteiger partial charge in [0.1, 0.15) is 6.61 Å². The topological polar surface area (TPSA) is 55.3 Å². The molecule has 1 unspecified atom stereocenters. The van der Waals surface area contributed by atoms with Gasteiger partial charge in [0.15, 0.2) is 5.82 Å². The van der Waals surface area contributed by atoms with E-state index >= 15 is 0 Å². The number of amides is 1. The molecule has 2 heterocycles. The molecule has 1 spiro atoms. The molecule has 1 atom stereocenters. The van der Waals surface area contributed by atoms with E-state index in [9.17, 15) is 4.79 Å². The fourth-order valence-electron chi connectivity index (χ4n) is 4.34. The highest BCUT2D eigenvalue weighted by Crippen LogP contribution is 2.44. The number of hydrogen-bond acceptors (Lipinski definition) is 4. The van der Waals surface area contributed by atoms with Crippen molar-refractivity contribution in [3.8, 4) is 11.4 Å². The minimum absolute atomic E-state index is 0.0342. The average Bonchev–Trinajstić information content (AvgIpc) is 3.04. The van der Waals surface area contributed by atoms with Gasteiger partial charge in [-0.05, 0) is 45.1 Å². The van der Waals surface area contributed by atoms with Crippen molar-refractivity contribution in [2.75, 3.05) is 19.7 Å². The summed E-state index contributed by atoms with van der Waals surface area (Å²) in [6.45, 7) is 5.64. The third-order valence-electron chi connectivity index (χ3n) is 5.74. The zero-order chi connectivity index (χ0) is 18.9. The van der Waals surface area contributed by atoms with E-state index in [4.69, 9.17) is 9.72 Å². The largest absolute Gasteiger partial charge is 0.369 e. The predicted molar refractivity (Wildman–Crippen MR) is 104 cm³/mol. The molecule has 1 amide bonds. The lowest BCUT2D eigenvalue weighted by molar-refractivity contribution is -0.139. The summed E-state index contributed by atoms with van der Waals surface area (Å²) in [4.78, 5) is 24.2. The van der Waals surface area contributed by atoms with Crippen LogP contribution >= 0.6 is 0 Å². The SMILES string of the molecule is CC(C)OCC(=O)N1CCCC2(CCc3cnc(-c4ccccc4)nc32)C1. The summed E-state index contributed by atoms with van der Waals surface area (Å²) >= 11 is 0. The molecule has 5 heteroatoms. The van der Waals surface area contributed by atoms with E-state index in [-0.39, 0.29) is 24.0 Å². The van der Waals surface area contributed by atoms with E-state index in [1.54, 1.807) is 0 Å². The van der Waals surface area contributed by atoms with Gasteiger partial charge in [-0.1, -0.05) is 30.3 Å². The molecule has 1 fully saturated rings. The number of carbonyl (C=O) groups excluding carboxylic acids is 1. The van der Waals surface area contributed by atoms with E-state index in [0.29, 0.717) is 0 Å². The normalized spacial score (nSPS) is 21.7. The molecule has 1 saturated heterocycles. The van der Waals surface area contributed by atoms with Gasteiger partial charge < -0.3 is 9.64 Å². The molecule has 1 aromatic heterocycles. The average molecular weight is 365 g/mol. The quantitative estimate of drug-likeness (QED) is 0.833. The van der Waals surface area contributed by atoms with Gasteiger partial charge in [0.25, 0.3) is 0 Å². The Hall–Kier alpha value is -2.27. The number of piperidine rings is 1. The van der Waals surface area contributed by atoms with Crippen LogP contribution in [0.25, 0.3) is 11.4 Å². The summed E-state index contributed by atoms with van der Waals surface area (Å²) in [5, 5.41) is 0. The Morgan fingerprint density at radius 3 is 2.85 bits per heavy atom. The highest BCUT2D eigenvalue weighted by atomic mass is 16.5. The van der Waals surface area contributed by atoms with Gasteiger partial charge in [0.05, 0.1) is 11.8 Å². The third kappa shape index (κ3) is 3.61. The molecule has 1 aliphatic heterocycles. The second-order valence-electron chi connectivity index (χ2n) is 7.99. The van der Waals surface area contributed by atoms with Gasteiger partial charge >= 0.3 is 0 Å². The molecule has 2 aromatic rings. The molecule has 1 aromatic carbocycles. The number of hydrogen-bond donors (Lipinski definition) is 0. The number of carbonyl (C=O) groups is 1. The number of ether oxygens (including phenoxy) is 1. The number of benzene rings is 1. The smallest absolute Gasteiger partial charge is 0.248 e. The Balaban J connectivity index is 1.59. The lowest BCUT2D eigenvalue weighted by Gasteiger charge is -2.40. The fraction of sp³-hybridized carbons (Fsp3) is 0.500. The number of nitrogens with zero attached hydrogens (tertiary/aromatic N) is 3. The minimum atomic E-state index is -0.0342. The second-order valence-corrected chi connectivity index (χ2v) is 7.99. The highest BCUT2D eigenvalue weighted by Gasteiger charge is 2.44. The molecule has 2 aliphatic rings. The van der Waals surface area contributed by atoms with Crippen LogP contribution < -0.4 is 0 Å². The van der Waals surface area contributed by atoms with Crippen molar-refractivity contribution in [2.24, 2.45) is 0 Å². The third-order valence-corrected chi connectivity index (χ3v) is 5.74. The lowest BCUT2D eigenvalue weighted by Crippen LogP contribution is -2.49. The van der Waals surface area contributed by atoms with Crippen molar-refractivity contribution in [3.63, 3.8) is 0 Å². The van der Waals surface area contributed by atoms with E-state index in [0.717, 1.165) is 55.9 Å². The minimum Gasteiger partial charge on any atom is -0.369 e. The second kappa shape index (κ2) is 7.39. The molecule has 5 nitrogen and oxygen atoms in total. The molecule has 142 valence electrons. The molecule has 0 N–H and O–H groups in total. The van der Waals surface area contributed by atoms with E-state index in [2.05, 4.69) is 4.98 Å². The van der Waals surface area contributed by atoms with Crippen molar-refractivity contribution in [1.29, 1.82) is 0 Å². The number of likely N-dealkylation sites (tertiary alicyclic amines) is 1. The van der Waals surface area contributed by atoms with Crippen molar-refractivity contribution in [2.45, 2.75) is 51.0 Å². The summed E-state index contributed by atoms with van der Waals surface area (Å²) in [7, 11) is 0. The zero-order valence-corrected chi connectivity index (χ0v) is 16.1. The van der Waals surface area contributed by atoms with Crippen molar-refractivity contribution < 1.29 is 9.53 Å². The van der Waals surface area contributed by atoms with Gasteiger partial charge in [-0.2, -0.15) is 0 Å². The van der Waals surface area contributed by atoms with E-state index in [1.165, 1.54) is 5.56 Å². The van der Waals surface area contributed by atoms with Crippen LogP contribution in [0.1, 0.15) is 44.4 Å². The van der Waals surface area contributed by atoms with Crippen molar-refractivity contribution in [1.82, 2.24) is 14.9 Å². The highest BCUT2D eigenvalue weighted by molar-refractivity contribution is 5.77. The maximum absolute atomic E-state index is 12.6. The lowest BCUT2D eigenvalue weighted by atomic mass is 9.77. The number of aryl methyl sites for hydroxylation is 1. The zero-order valence-electron chi connectivity index (χ0n) is 16.1. The van der Waals surface area contributed by atoms with Crippen molar-refractivity contribution >= 4 is 5.91 Å². The number of rotatable bonds is 4. The summed E-state index contributed by atoms with van der Waals surface area (Å²) in [6.07, 6.45) is 6.19. The fourth-order valence-corrected chi connectivity index (χ4v) is 4.34. The first-order valence-corrected chi connectivity index (χ1v) is 9.89. The van der Waals surface area contributed by atoms with Gasteiger partial charge in [-0.3, -0.25) is 4.79 Å². The molecule has 27 heavy (non-hydrogen) atoms. The summed E-state index contributed by atoms with van der Waals surface area (Å²) < 4.78 is 5.54. The molecule has 1 aliphatic carbocycles. The first kappa shape index (κ1) is 18.1. The van der Waals surface area contributed by atoms with E-state index in [1.807, 2.05) is 55.3 Å². The van der Waals surface area contributed by atoms with Crippen LogP contribution in [0.15, 0.2) is 36.5 Å². The number of aromatic nitrogens is 2. The monoisotopic (exact) mass is 365 g/mol. The molecule has 0 radical (unpaired) electrons. The molecular formula is C22H27N3O2. The molecule has 4 rings (SSSR count). The van der Waals surface area contributed by atoms with Gasteiger partial charge in [0, 0.05) is 30.3 Å². The Labute approximate surface area is 160 Å². The van der Waals surface area contributed by atoms with Crippen LogP contribution in [0.5, 0.6) is 0 Å². The van der Waals surface area contributed by atoms with Crippen LogP contribution in [-0.2, 0) is 21.4 Å². The van der Waals surface area contributed by atoms with Crippen LogP contribution in [0.4, 0.5) is 0 Å². The predicted octanol–water partition coefficient (Wildman–Crippen LogP) is 3.38. The Kier molecular flexibility index (Phi) is 4.96.